The monoisotopic (exact) mass is 269 g/mol. The molecule has 0 aromatic carbocycles. The van der Waals surface area contributed by atoms with E-state index in [1.54, 1.807) is 0 Å². The van der Waals surface area contributed by atoms with Crippen LogP contribution in [0.1, 0.15) is 43.9 Å². The number of aryl methyl sites for hydroxylation is 1. The van der Waals surface area contributed by atoms with Crippen molar-refractivity contribution in [2.75, 3.05) is 13.2 Å². The zero-order valence-electron chi connectivity index (χ0n) is 12.2. The van der Waals surface area contributed by atoms with Gasteiger partial charge in [0.25, 0.3) is 0 Å². The van der Waals surface area contributed by atoms with Crippen molar-refractivity contribution >= 4 is 11.3 Å². The van der Waals surface area contributed by atoms with Crippen LogP contribution in [-0.2, 0) is 17.6 Å². The predicted octanol–water partition coefficient (Wildman–Crippen LogP) is 3.65. The van der Waals surface area contributed by atoms with Crippen LogP contribution in [0, 0.1) is 0 Å². The molecule has 0 fully saturated rings. The van der Waals surface area contributed by atoms with E-state index in [1.165, 1.54) is 16.2 Å². The lowest BCUT2D eigenvalue weighted by atomic mass is 10.2. The number of thiophene rings is 1. The maximum absolute atomic E-state index is 5.75. The van der Waals surface area contributed by atoms with E-state index in [0.717, 1.165) is 26.0 Å². The molecule has 0 amide bonds. The first-order valence-electron chi connectivity index (χ1n) is 7.08. The molecule has 104 valence electrons. The Morgan fingerprint density at radius 2 is 1.94 bits per heavy atom. The van der Waals surface area contributed by atoms with E-state index in [1.807, 2.05) is 11.3 Å². The van der Waals surface area contributed by atoms with E-state index in [0.29, 0.717) is 12.1 Å². The van der Waals surface area contributed by atoms with Gasteiger partial charge in [-0.25, -0.2) is 0 Å². The summed E-state index contributed by atoms with van der Waals surface area (Å²) in [5, 5.41) is 3.58. The van der Waals surface area contributed by atoms with Crippen molar-refractivity contribution < 1.29 is 4.74 Å². The van der Waals surface area contributed by atoms with E-state index in [2.05, 4.69) is 45.1 Å². The lowest BCUT2D eigenvalue weighted by Gasteiger charge is -2.19. The van der Waals surface area contributed by atoms with Crippen LogP contribution in [0.25, 0.3) is 0 Å². The second-order valence-electron chi connectivity index (χ2n) is 4.96. The second-order valence-corrected chi connectivity index (χ2v) is 6.21. The summed E-state index contributed by atoms with van der Waals surface area (Å²) in [4.78, 5) is 2.94. The average molecular weight is 269 g/mol. The minimum Gasteiger partial charge on any atom is -0.377 e. The van der Waals surface area contributed by atoms with Crippen molar-refractivity contribution in [1.29, 1.82) is 0 Å². The standard InChI is InChI=1S/C15H27NOS/c1-5-9-16-13(11-17-12(3)4)10-15-8-7-14(6-2)18-15/h7-8,12-13,16H,5-6,9-11H2,1-4H3. The molecule has 2 nitrogen and oxygen atoms in total. The molecule has 0 bridgehead atoms. The van der Waals surface area contributed by atoms with Crippen molar-refractivity contribution in [2.45, 2.75) is 59.1 Å². The Kier molecular flexibility index (Phi) is 7.56. The molecular weight excluding hydrogens is 242 g/mol. The highest BCUT2D eigenvalue weighted by Crippen LogP contribution is 2.18. The molecule has 1 unspecified atom stereocenters. The van der Waals surface area contributed by atoms with Crippen LogP contribution in [0.5, 0.6) is 0 Å². The summed E-state index contributed by atoms with van der Waals surface area (Å²) in [5.41, 5.74) is 0. The highest BCUT2D eigenvalue weighted by Gasteiger charge is 2.11. The maximum atomic E-state index is 5.75. The SMILES string of the molecule is CCCNC(COC(C)C)Cc1ccc(CC)s1. The zero-order valence-corrected chi connectivity index (χ0v) is 13.0. The van der Waals surface area contributed by atoms with Gasteiger partial charge < -0.3 is 10.1 Å². The molecule has 0 spiro atoms. The number of ether oxygens (including phenoxy) is 1. The zero-order chi connectivity index (χ0) is 13.4. The lowest BCUT2D eigenvalue weighted by Crippen LogP contribution is -2.36. The van der Waals surface area contributed by atoms with Gasteiger partial charge in [-0.05, 0) is 51.8 Å². The van der Waals surface area contributed by atoms with E-state index < -0.39 is 0 Å². The topological polar surface area (TPSA) is 21.3 Å². The molecule has 0 aliphatic rings. The Hall–Kier alpha value is -0.380. The summed E-state index contributed by atoms with van der Waals surface area (Å²) in [6, 6.07) is 4.95. The first-order chi connectivity index (χ1) is 8.65. The van der Waals surface area contributed by atoms with Crippen molar-refractivity contribution in [1.82, 2.24) is 5.32 Å². The van der Waals surface area contributed by atoms with E-state index in [9.17, 15) is 0 Å². The molecule has 0 aliphatic carbocycles. The first-order valence-corrected chi connectivity index (χ1v) is 7.89. The van der Waals surface area contributed by atoms with Gasteiger partial charge in [0.2, 0.25) is 0 Å². The summed E-state index contributed by atoms with van der Waals surface area (Å²) in [7, 11) is 0. The molecule has 0 saturated heterocycles. The van der Waals surface area contributed by atoms with Crippen molar-refractivity contribution in [3.05, 3.63) is 21.9 Å². The largest absolute Gasteiger partial charge is 0.377 e. The molecule has 1 atom stereocenters. The highest BCUT2D eigenvalue weighted by atomic mass is 32.1. The number of nitrogens with one attached hydrogen (secondary N) is 1. The lowest BCUT2D eigenvalue weighted by molar-refractivity contribution is 0.0614. The fourth-order valence-corrected chi connectivity index (χ4v) is 2.85. The van der Waals surface area contributed by atoms with Gasteiger partial charge in [-0.3, -0.25) is 0 Å². The van der Waals surface area contributed by atoms with Crippen LogP contribution in [0.15, 0.2) is 12.1 Å². The third-order valence-electron chi connectivity index (χ3n) is 2.83. The van der Waals surface area contributed by atoms with Crippen LogP contribution in [0.2, 0.25) is 0 Å². The van der Waals surface area contributed by atoms with Gasteiger partial charge in [0.15, 0.2) is 0 Å². The molecule has 0 radical (unpaired) electrons. The number of rotatable bonds is 9. The molecule has 18 heavy (non-hydrogen) atoms. The molecule has 1 rings (SSSR count). The van der Waals surface area contributed by atoms with Crippen molar-refractivity contribution in [3.8, 4) is 0 Å². The average Bonchev–Trinajstić information content (AvgIpc) is 2.80. The van der Waals surface area contributed by atoms with Crippen LogP contribution in [0.3, 0.4) is 0 Å². The summed E-state index contributed by atoms with van der Waals surface area (Å²) in [5.74, 6) is 0. The first kappa shape index (κ1) is 15.7. The van der Waals surface area contributed by atoms with Crippen LogP contribution < -0.4 is 5.32 Å². The molecule has 1 aromatic heterocycles. The third-order valence-corrected chi connectivity index (χ3v) is 4.08. The molecule has 0 saturated carbocycles. The molecule has 0 aliphatic heterocycles. The minimum absolute atomic E-state index is 0.311. The van der Waals surface area contributed by atoms with Crippen LogP contribution >= 0.6 is 11.3 Å². The molecular formula is C15H27NOS. The second kappa shape index (κ2) is 8.68. The van der Waals surface area contributed by atoms with Crippen LogP contribution in [-0.4, -0.2) is 25.3 Å². The minimum atomic E-state index is 0.311. The van der Waals surface area contributed by atoms with Gasteiger partial charge in [0.05, 0.1) is 12.7 Å². The number of hydrogen-bond donors (Lipinski definition) is 1. The Morgan fingerprint density at radius 1 is 1.22 bits per heavy atom. The van der Waals surface area contributed by atoms with Gasteiger partial charge in [0.1, 0.15) is 0 Å². The summed E-state index contributed by atoms with van der Waals surface area (Å²) in [6.45, 7) is 10.5. The smallest absolute Gasteiger partial charge is 0.0626 e. The van der Waals surface area contributed by atoms with Gasteiger partial charge in [-0.15, -0.1) is 11.3 Å². The normalized spacial score (nSPS) is 13.2. The molecule has 1 aromatic rings. The van der Waals surface area contributed by atoms with Gasteiger partial charge in [0, 0.05) is 15.8 Å². The third kappa shape index (κ3) is 5.98. The Balaban J connectivity index is 2.47. The summed E-state index contributed by atoms with van der Waals surface area (Å²) in [6.07, 6.45) is 3.70. The fourth-order valence-electron chi connectivity index (χ4n) is 1.81. The van der Waals surface area contributed by atoms with Crippen LogP contribution in [0.4, 0.5) is 0 Å². The van der Waals surface area contributed by atoms with Gasteiger partial charge in [-0.2, -0.15) is 0 Å². The summed E-state index contributed by atoms with van der Waals surface area (Å²) < 4.78 is 5.75. The van der Waals surface area contributed by atoms with E-state index >= 15 is 0 Å². The molecule has 1 N–H and O–H groups in total. The number of hydrogen-bond acceptors (Lipinski definition) is 3. The van der Waals surface area contributed by atoms with Gasteiger partial charge in [-0.1, -0.05) is 13.8 Å². The Bertz CT molecular complexity index is 322. The predicted molar refractivity (Wildman–Crippen MR) is 80.6 cm³/mol. The van der Waals surface area contributed by atoms with Gasteiger partial charge >= 0.3 is 0 Å². The van der Waals surface area contributed by atoms with E-state index in [-0.39, 0.29) is 0 Å². The van der Waals surface area contributed by atoms with Crippen molar-refractivity contribution in [2.24, 2.45) is 0 Å². The van der Waals surface area contributed by atoms with Crippen molar-refractivity contribution in [3.63, 3.8) is 0 Å². The highest BCUT2D eigenvalue weighted by molar-refractivity contribution is 7.11. The fraction of sp³-hybridized carbons (Fsp3) is 0.733. The van der Waals surface area contributed by atoms with E-state index in [4.69, 9.17) is 4.74 Å². The Morgan fingerprint density at radius 3 is 2.50 bits per heavy atom. The summed E-state index contributed by atoms with van der Waals surface area (Å²) >= 11 is 1.93. The quantitative estimate of drug-likeness (QED) is 0.739. The maximum Gasteiger partial charge on any atom is 0.0626 e. The molecule has 1 heterocycles. The molecule has 3 heteroatoms. The Labute approximate surface area is 116 Å².